The Bertz CT molecular complexity index is 1910. The average molecular weight is 653 g/mol. The second-order valence-electron chi connectivity index (χ2n) is 12.8. The van der Waals surface area contributed by atoms with E-state index >= 15 is 0 Å². The van der Waals surface area contributed by atoms with E-state index in [0.29, 0.717) is 45.1 Å². The van der Waals surface area contributed by atoms with Crippen LogP contribution in [0.25, 0.3) is 10.9 Å². The van der Waals surface area contributed by atoms with Gasteiger partial charge in [0.25, 0.3) is 0 Å². The SMILES string of the molecule is COc1ccccc1CNc1c(C#N)cnc2c(N[C@@H](c3ccc(F)cc3)c3cn(C4CCN(C(C)(C)C)CC4)nn3)cc(Cl)cc12. The summed E-state index contributed by atoms with van der Waals surface area (Å²) >= 11 is 6.72. The Hall–Kier alpha value is -4.72. The Morgan fingerprint density at radius 1 is 1.11 bits per heavy atom. The Labute approximate surface area is 279 Å². The quantitative estimate of drug-likeness (QED) is 0.167. The van der Waals surface area contributed by atoms with Gasteiger partial charge >= 0.3 is 0 Å². The first-order valence-corrected chi connectivity index (χ1v) is 16.1. The molecule has 0 bridgehead atoms. The Morgan fingerprint density at radius 3 is 2.55 bits per heavy atom. The molecule has 0 spiro atoms. The fourth-order valence-electron chi connectivity index (χ4n) is 6.23. The summed E-state index contributed by atoms with van der Waals surface area (Å²) in [7, 11) is 1.63. The summed E-state index contributed by atoms with van der Waals surface area (Å²) in [5.74, 6) is 0.415. The number of hydrogen-bond donors (Lipinski definition) is 2. The molecule has 0 radical (unpaired) electrons. The van der Waals surface area contributed by atoms with E-state index in [1.54, 1.807) is 37.6 Å². The molecule has 1 aliphatic rings. The molecule has 0 saturated carbocycles. The number of para-hydroxylation sites is 1. The fourth-order valence-corrected chi connectivity index (χ4v) is 6.44. The maximum atomic E-state index is 14.0. The number of ether oxygens (including phenoxy) is 1. The summed E-state index contributed by atoms with van der Waals surface area (Å²) < 4.78 is 21.5. The number of nitriles is 1. The third kappa shape index (κ3) is 7.02. The first-order valence-electron chi connectivity index (χ1n) is 15.7. The molecule has 9 nitrogen and oxygen atoms in total. The van der Waals surface area contributed by atoms with E-state index < -0.39 is 6.04 Å². The summed E-state index contributed by atoms with van der Waals surface area (Å²) in [6.45, 7) is 9.13. The zero-order valence-electron chi connectivity index (χ0n) is 27.0. The molecule has 47 heavy (non-hydrogen) atoms. The van der Waals surface area contributed by atoms with Crippen molar-refractivity contribution >= 4 is 33.9 Å². The van der Waals surface area contributed by atoms with Crippen molar-refractivity contribution in [3.8, 4) is 11.8 Å². The molecule has 1 fully saturated rings. The standard InChI is InChI=1S/C36H38ClFN8O/c1-36(2,3)45-15-13-28(14-16-45)46-22-31(43-44-46)34(23-9-11-27(38)12-10-23)42-30-18-26(37)17-29-33(25(19-39)21-41-35(29)30)40-20-24-7-5-6-8-32(24)47-4/h5-12,17-18,21-22,28,34,42H,13-16,20H2,1-4H3,(H,40,41)/t34-/m0/s1. The second-order valence-corrected chi connectivity index (χ2v) is 13.3. The highest BCUT2D eigenvalue weighted by atomic mass is 35.5. The van der Waals surface area contributed by atoms with E-state index in [2.05, 4.69) is 57.7 Å². The highest BCUT2D eigenvalue weighted by Gasteiger charge is 2.29. The molecule has 2 N–H and O–H groups in total. The van der Waals surface area contributed by atoms with Gasteiger partial charge < -0.3 is 15.4 Å². The van der Waals surface area contributed by atoms with Crippen LogP contribution in [0, 0.1) is 17.1 Å². The summed E-state index contributed by atoms with van der Waals surface area (Å²) in [5.41, 5.74) is 4.80. The number of rotatable bonds is 9. The van der Waals surface area contributed by atoms with Crippen molar-refractivity contribution in [1.82, 2.24) is 24.9 Å². The number of aromatic nitrogens is 4. The summed E-state index contributed by atoms with van der Waals surface area (Å²) in [4.78, 5) is 7.19. The first kappa shape index (κ1) is 32.2. The average Bonchev–Trinajstić information content (AvgIpc) is 3.56. The number of benzene rings is 3. The number of anilines is 2. The molecule has 1 saturated heterocycles. The van der Waals surface area contributed by atoms with Crippen LogP contribution in [0.1, 0.15) is 68.1 Å². The topological polar surface area (TPSA) is 104 Å². The third-order valence-electron chi connectivity index (χ3n) is 8.82. The van der Waals surface area contributed by atoms with E-state index in [4.69, 9.17) is 16.3 Å². The van der Waals surface area contributed by atoms with Crippen LogP contribution < -0.4 is 15.4 Å². The van der Waals surface area contributed by atoms with Crippen LogP contribution in [-0.4, -0.2) is 50.6 Å². The fraction of sp³-hybridized carbons (Fsp3) is 0.333. The number of piperidine rings is 1. The number of halogens is 2. The van der Waals surface area contributed by atoms with Gasteiger partial charge in [-0.1, -0.05) is 47.1 Å². The van der Waals surface area contributed by atoms with Gasteiger partial charge in [-0.25, -0.2) is 9.07 Å². The lowest BCUT2D eigenvalue weighted by atomic mass is 9.98. The van der Waals surface area contributed by atoms with Gasteiger partial charge in [-0.05, 0) is 69.5 Å². The van der Waals surface area contributed by atoms with E-state index in [9.17, 15) is 9.65 Å². The van der Waals surface area contributed by atoms with Crippen LogP contribution in [0.2, 0.25) is 5.02 Å². The number of methoxy groups -OCH3 is 1. The lowest BCUT2D eigenvalue weighted by molar-refractivity contribution is 0.0866. The van der Waals surface area contributed by atoms with Crippen LogP contribution in [0.4, 0.5) is 15.8 Å². The maximum absolute atomic E-state index is 14.0. The molecule has 2 aromatic heterocycles. The molecule has 6 rings (SSSR count). The van der Waals surface area contributed by atoms with Crippen molar-refractivity contribution in [2.75, 3.05) is 30.8 Å². The van der Waals surface area contributed by atoms with Crippen LogP contribution in [0.15, 0.2) is 73.1 Å². The summed E-state index contributed by atoms with van der Waals surface area (Å²) in [6, 6.07) is 19.7. The molecular weight excluding hydrogens is 615 g/mol. The molecule has 1 aliphatic heterocycles. The highest BCUT2D eigenvalue weighted by Crippen LogP contribution is 2.37. The molecular formula is C36H38ClFN8O. The number of pyridine rings is 1. The highest BCUT2D eigenvalue weighted by molar-refractivity contribution is 6.32. The van der Waals surface area contributed by atoms with Gasteiger partial charge in [0.1, 0.15) is 23.3 Å². The van der Waals surface area contributed by atoms with Gasteiger partial charge in [0.15, 0.2) is 0 Å². The minimum Gasteiger partial charge on any atom is -0.496 e. The van der Waals surface area contributed by atoms with E-state index in [0.717, 1.165) is 42.8 Å². The normalized spacial score (nSPS) is 14.9. The molecule has 1 atom stereocenters. The predicted octanol–water partition coefficient (Wildman–Crippen LogP) is 7.75. The van der Waals surface area contributed by atoms with Crippen molar-refractivity contribution in [3.63, 3.8) is 0 Å². The molecule has 3 heterocycles. The van der Waals surface area contributed by atoms with Gasteiger partial charge in [-0.3, -0.25) is 9.88 Å². The van der Waals surface area contributed by atoms with Gasteiger partial charge in [0, 0.05) is 47.3 Å². The second kappa shape index (κ2) is 13.6. The molecule has 11 heteroatoms. The van der Waals surface area contributed by atoms with Crippen molar-refractivity contribution in [1.29, 1.82) is 5.26 Å². The minimum absolute atomic E-state index is 0.127. The Balaban J connectivity index is 1.35. The number of nitrogens with zero attached hydrogens (tertiary/aromatic N) is 6. The largest absolute Gasteiger partial charge is 0.496 e. The summed E-state index contributed by atoms with van der Waals surface area (Å²) in [6.07, 6.45) is 5.48. The van der Waals surface area contributed by atoms with E-state index in [1.165, 1.54) is 12.1 Å². The van der Waals surface area contributed by atoms with Crippen LogP contribution in [0.5, 0.6) is 5.75 Å². The third-order valence-corrected chi connectivity index (χ3v) is 9.04. The Kier molecular flexibility index (Phi) is 9.30. The monoisotopic (exact) mass is 652 g/mol. The van der Waals surface area contributed by atoms with Crippen molar-refractivity contribution < 1.29 is 9.13 Å². The maximum Gasteiger partial charge on any atom is 0.123 e. The Morgan fingerprint density at radius 2 is 1.85 bits per heavy atom. The van der Waals surface area contributed by atoms with Gasteiger partial charge in [-0.15, -0.1) is 5.10 Å². The number of nitrogens with one attached hydrogen (secondary N) is 2. The van der Waals surface area contributed by atoms with Crippen molar-refractivity contribution in [2.24, 2.45) is 0 Å². The molecule has 242 valence electrons. The van der Waals surface area contributed by atoms with Gasteiger partial charge in [0.05, 0.1) is 47.8 Å². The van der Waals surface area contributed by atoms with Crippen molar-refractivity contribution in [2.45, 2.75) is 57.8 Å². The van der Waals surface area contributed by atoms with E-state index in [1.807, 2.05) is 35.1 Å². The molecule has 0 aliphatic carbocycles. The van der Waals surface area contributed by atoms with Crippen LogP contribution >= 0.6 is 11.6 Å². The lowest BCUT2D eigenvalue weighted by Crippen LogP contribution is -2.46. The lowest BCUT2D eigenvalue weighted by Gasteiger charge is -2.40. The number of hydrogen-bond acceptors (Lipinski definition) is 8. The zero-order valence-corrected chi connectivity index (χ0v) is 27.7. The van der Waals surface area contributed by atoms with Crippen LogP contribution in [-0.2, 0) is 6.54 Å². The van der Waals surface area contributed by atoms with Crippen molar-refractivity contribution in [3.05, 3.63) is 106 Å². The van der Waals surface area contributed by atoms with Crippen LogP contribution in [0.3, 0.4) is 0 Å². The van der Waals surface area contributed by atoms with Gasteiger partial charge in [0.2, 0.25) is 0 Å². The zero-order chi connectivity index (χ0) is 33.1. The molecule has 5 aromatic rings. The number of likely N-dealkylation sites (tertiary alicyclic amines) is 1. The molecule has 0 amide bonds. The smallest absolute Gasteiger partial charge is 0.123 e. The molecule has 0 unspecified atom stereocenters. The summed E-state index contributed by atoms with van der Waals surface area (Å²) in [5, 5.41) is 27.3. The first-order chi connectivity index (χ1) is 22.6. The minimum atomic E-state index is -0.483. The predicted molar refractivity (Wildman–Crippen MR) is 183 cm³/mol. The van der Waals surface area contributed by atoms with E-state index in [-0.39, 0.29) is 17.4 Å². The number of fused-ring (bicyclic) bond motifs is 1. The molecule has 3 aromatic carbocycles. The van der Waals surface area contributed by atoms with Gasteiger partial charge in [-0.2, -0.15) is 5.26 Å².